The number of thiophene rings is 1. The van der Waals surface area contributed by atoms with Crippen molar-refractivity contribution in [1.82, 2.24) is 25.5 Å². The minimum atomic E-state index is -0.216. The van der Waals surface area contributed by atoms with Gasteiger partial charge in [0.25, 0.3) is 5.91 Å². The highest BCUT2D eigenvalue weighted by Gasteiger charge is 2.12. The van der Waals surface area contributed by atoms with E-state index in [-0.39, 0.29) is 5.91 Å². The van der Waals surface area contributed by atoms with Crippen molar-refractivity contribution in [2.24, 2.45) is 0 Å². The average molecular weight is 361 g/mol. The van der Waals surface area contributed by atoms with Gasteiger partial charge in [-0.2, -0.15) is 5.10 Å². The molecule has 0 aliphatic rings. The number of aromatic amines is 1. The van der Waals surface area contributed by atoms with Crippen LogP contribution in [0.4, 0.5) is 0 Å². The predicted octanol–water partition coefficient (Wildman–Crippen LogP) is 3.53. The second-order valence-electron chi connectivity index (χ2n) is 5.61. The van der Waals surface area contributed by atoms with Crippen LogP contribution in [0.1, 0.15) is 16.1 Å². The summed E-state index contributed by atoms with van der Waals surface area (Å²) in [6, 6.07) is 13.4. The molecule has 0 aliphatic carbocycles. The third kappa shape index (κ3) is 3.52. The number of aromatic nitrogens is 4. The number of pyridine rings is 2. The first-order valence-electron chi connectivity index (χ1n) is 8.02. The molecule has 0 aromatic carbocycles. The van der Waals surface area contributed by atoms with Crippen molar-refractivity contribution in [2.45, 2.75) is 6.54 Å². The van der Waals surface area contributed by atoms with Crippen LogP contribution in [0.3, 0.4) is 0 Å². The Bertz CT molecular complexity index is 1010. The number of carbonyl (C=O) groups excluding carboxylic acids is 1. The van der Waals surface area contributed by atoms with Crippen molar-refractivity contribution in [3.05, 3.63) is 77.7 Å². The summed E-state index contributed by atoms with van der Waals surface area (Å²) in [7, 11) is 0. The number of carbonyl (C=O) groups is 1. The van der Waals surface area contributed by atoms with Gasteiger partial charge in [-0.1, -0.05) is 6.07 Å². The molecule has 0 atom stereocenters. The molecule has 0 spiro atoms. The summed E-state index contributed by atoms with van der Waals surface area (Å²) in [5.74, 6) is -0.216. The molecular formula is C19H15N5OS. The first kappa shape index (κ1) is 16.2. The maximum absolute atomic E-state index is 12.3. The number of nitrogens with zero attached hydrogens (tertiary/aromatic N) is 3. The monoisotopic (exact) mass is 361 g/mol. The second-order valence-corrected chi connectivity index (χ2v) is 6.56. The molecule has 4 aromatic rings. The molecule has 0 aliphatic heterocycles. The van der Waals surface area contributed by atoms with Crippen LogP contribution in [0.25, 0.3) is 21.8 Å². The zero-order chi connectivity index (χ0) is 17.8. The Kier molecular flexibility index (Phi) is 4.53. The van der Waals surface area contributed by atoms with Gasteiger partial charge in [-0.3, -0.25) is 19.9 Å². The van der Waals surface area contributed by atoms with Crippen molar-refractivity contribution in [3.8, 4) is 21.8 Å². The van der Waals surface area contributed by atoms with Crippen LogP contribution in [-0.2, 0) is 6.54 Å². The smallest absolute Gasteiger partial charge is 0.272 e. The molecule has 128 valence electrons. The van der Waals surface area contributed by atoms with Crippen LogP contribution in [0, 0.1) is 0 Å². The minimum Gasteiger partial charge on any atom is -0.347 e. The minimum absolute atomic E-state index is 0.216. The van der Waals surface area contributed by atoms with E-state index in [9.17, 15) is 4.79 Å². The first-order valence-corrected chi connectivity index (χ1v) is 8.90. The van der Waals surface area contributed by atoms with Crippen molar-refractivity contribution in [1.29, 1.82) is 0 Å². The molecule has 0 saturated carbocycles. The van der Waals surface area contributed by atoms with Gasteiger partial charge in [-0.25, -0.2) is 0 Å². The fraction of sp³-hybridized carbons (Fsp3) is 0.0526. The molecule has 0 fully saturated rings. The quantitative estimate of drug-likeness (QED) is 0.570. The molecular weight excluding hydrogens is 346 g/mol. The molecule has 4 heterocycles. The van der Waals surface area contributed by atoms with E-state index >= 15 is 0 Å². The van der Waals surface area contributed by atoms with E-state index in [1.807, 2.05) is 41.8 Å². The Morgan fingerprint density at radius 3 is 2.81 bits per heavy atom. The van der Waals surface area contributed by atoms with Crippen molar-refractivity contribution < 1.29 is 4.79 Å². The number of amides is 1. The number of rotatable bonds is 5. The van der Waals surface area contributed by atoms with E-state index < -0.39 is 0 Å². The molecule has 2 N–H and O–H groups in total. The third-order valence-electron chi connectivity index (χ3n) is 3.85. The SMILES string of the molecule is O=C(NCc1ccnc(-c2ccncc2)c1)c1cc(-c2cccs2)[nH]n1. The van der Waals surface area contributed by atoms with Crippen LogP contribution in [0.2, 0.25) is 0 Å². The van der Waals surface area contributed by atoms with Crippen molar-refractivity contribution in [3.63, 3.8) is 0 Å². The lowest BCUT2D eigenvalue weighted by Crippen LogP contribution is -2.23. The molecule has 0 bridgehead atoms. The van der Waals surface area contributed by atoms with E-state index in [2.05, 4.69) is 25.5 Å². The van der Waals surface area contributed by atoms with Crippen molar-refractivity contribution in [2.75, 3.05) is 0 Å². The van der Waals surface area contributed by atoms with Crippen molar-refractivity contribution >= 4 is 17.2 Å². The molecule has 6 nitrogen and oxygen atoms in total. The van der Waals surface area contributed by atoms with Crippen LogP contribution >= 0.6 is 11.3 Å². The van der Waals surface area contributed by atoms with Gasteiger partial charge >= 0.3 is 0 Å². The molecule has 4 aromatic heterocycles. The Labute approximate surface area is 154 Å². The van der Waals surface area contributed by atoms with Gasteiger partial charge < -0.3 is 5.32 Å². The first-order chi connectivity index (χ1) is 12.8. The number of hydrogen-bond acceptors (Lipinski definition) is 5. The third-order valence-corrected chi connectivity index (χ3v) is 4.75. The summed E-state index contributed by atoms with van der Waals surface area (Å²) in [5.41, 5.74) is 4.01. The topological polar surface area (TPSA) is 83.6 Å². The van der Waals surface area contributed by atoms with Gasteiger partial charge in [-0.15, -0.1) is 11.3 Å². The summed E-state index contributed by atoms with van der Waals surface area (Å²) in [5, 5.41) is 11.9. The normalized spacial score (nSPS) is 10.6. The lowest BCUT2D eigenvalue weighted by atomic mass is 10.1. The fourth-order valence-electron chi connectivity index (χ4n) is 2.53. The van der Waals surface area contributed by atoms with Crippen LogP contribution in [0.5, 0.6) is 0 Å². The Morgan fingerprint density at radius 1 is 1.12 bits per heavy atom. The number of nitrogens with one attached hydrogen (secondary N) is 2. The van der Waals surface area contributed by atoms with Gasteiger partial charge in [0.05, 0.1) is 16.3 Å². The molecule has 1 amide bonds. The molecule has 26 heavy (non-hydrogen) atoms. The summed E-state index contributed by atoms with van der Waals surface area (Å²) < 4.78 is 0. The van der Waals surface area contributed by atoms with Crippen LogP contribution in [0.15, 0.2) is 66.4 Å². The van der Waals surface area contributed by atoms with E-state index in [0.717, 1.165) is 27.4 Å². The highest BCUT2D eigenvalue weighted by Crippen LogP contribution is 2.23. The Hall–Kier alpha value is -3.32. The lowest BCUT2D eigenvalue weighted by molar-refractivity contribution is 0.0946. The maximum atomic E-state index is 12.3. The highest BCUT2D eigenvalue weighted by molar-refractivity contribution is 7.13. The van der Waals surface area contributed by atoms with Gasteiger partial charge in [0.1, 0.15) is 0 Å². The predicted molar refractivity (Wildman–Crippen MR) is 101 cm³/mol. The average Bonchev–Trinajstić information content (AvgIpc) is 3.38. The highest BCUT2D eigenvalue weighted by atomic mass is 32.1. The Balaban J connectivity index is 1.43. The summed E-state index contributed by atoms with van der Waals surface area (Å²) in [6.07, 6.45) is 5.20. The zero-order valence-electron chi connectivity index (χ0n) is 13.7. The molecule has 0 radical (unpaired) electrons. The molecule has 4 rings (SSSR count). The largest absolute Gasteiger partial charge is 0.347 e. The van der Waals surface area contributed by atoms with Gasteiger partial charge in [0.15, 0.2) is 5.69 Å². The molecule has 7 heteroatoms. The number of H-pyrrole nitrogens is 1. The second kappa shape index (κ2) is 7.28. The van der Waals surface area contributed by atoms with E-state index in [1.165, 1.54) is 0 Å². The Morgan fingerprint density at radius 2 is 2.00 bits per heavy atom. The molecule has 0 unspecified atom stereocenters. The van der Waals surface area contributed by atoms with E-state index in [1.54, 1.807) is 36.0 Å². The van der Waals surface area contributed by atoms with Gasteiger partial charge in [0.2, 0.25) is 0 Å². The summed E-state index contributed by atoms with van der Waals surface area (Å²) in [6.45, 7) is 0.403. The fourth-order valence-corrected chi connectivity index (χ4v) is 3.23. The van der Waals surface area contributed by atoms with Gasteiger partial charge in [0, 0.05) is 30.7 Å². The van der Waals surface area contributed by atoms with Crippen LogP contribution < -0.4 is 5.32 Å². The summed E-state index contributed by atoms with van der Waals surface area (Å²) >= 11 is 1.60. The van der Waals surface area contributed by atoms with E-state index in [4.69, 9.17) is 0 Å². The number of hydrogen-bond donors (Lipinski definition) is 2. The van der Waals surface area contributed by atoms with E-state index in [0.29, 0.717) is 12.2 Å². The maximum Gasteiger partial charge on any atom is 0.272 e. The summed E-state index contributed by atoms with van der Waals surface area (Å²) in [4.78, 5) is 21.8. The standard InChI is InChI=1S/C19H15N5OS/c25-19(17-11-16(23-24-17)18-2-1-9-26-18)22-12-13-3-8-21-15(10-13)14-4-6-20-7-5-14/h1-11H,12H2,(H,22,25)(H,23,24). The lowest BCUT2D eigenvalue weighted by Gasteiger charge is -2.06. The van der Waals surface area contributed by atoms with Gasteiger partial charge in [-0.05, 0) is 47.3 Å². The molecule has 0 saturated heterocycles. The zero-order valence-corrected chi connectivity index (χ0v) is 14.5. The van der Waals surface area contributed by atoms with Crippen LogP contribution in [-0.4, -0.2) is 26.1 Å².